The van der Waals surface area contributed by atoms with E-state index in [1.165, 1.54) is 50.3 Å². The molecule has 2 N–H and O–H groups in total. The molecule has 0 aromatic heterocycles. The van der Waals surface area contributed by atoms with Crippen LogP contribution in [0.3, 0.4) is 0 Å². The fraction of sp³-hybridized carbons (Fsp3) is 1.00. The third-order valence-corrected chi connectivity index (χ3v) is 5.13. The molecule has 88 valence electrons. The molecule has 3 unspecified atom stereocenters. The van der Waals surface area contributed by atoms with E-state index in [1.807, 2.05) is 0 Å². The van der Waals surface area contributed by atoms with Crippen LogP contribution in [0.25, 0.3) is 0 Å². The highest BCUT2D eigenvalue weighted by Crippen LogP contribution is 2.26. The minimum atomic E-state index is 0.473. The van der Waals surface area contributed by atoms with Crippen LogP contribution in [0.4, 0.5) is 0 Å². The molecule has 3 heteroatoms. The molecule has 0 amide bonds. The zero-order chi connectivity index (χ0) is 10.7. The second-order valence-corrected chi connectivity index (χ2v) is 6.28. The van der Waals surface area contributed by atoms with Gasteiger partial charge in [-0.1, -0.05) is 12.8 Å². The highest BCUT2D eigenvalue weighted by molar-refractivity contribution is 7.99. The van der Waals surface area contributed by atoms with Crippen LogP contribution in [0.2, 0.25) is 0 Å². The summed E-state index contributed by atoms with van der Waals surface area (Å²) in [7, 11) is 0. The van der Waals surface area contributed by atoms with E-state index in [-0.39, 0.29) is 0 Å². The molecular weight excluding hydrogens is 204 g/mol. The Bertz CT molecular complexity index is 178. The van der Waals surface area contributed by atoms with Crippen molar-refractivity contribution >= 4 is 11.8 Å². The van der Waals surface area contributed by atoms with Crippen LogP contribution in [0.1, 0.15) is 32.6 Å². The summed E-state index contributed by atoms with van der Waals surface area (Å²) >= 11 is 2.10. The first-order valence-electron chi connectivity index (χ1n) is 6.35. The first-order valence-corrected chi connectivity index (χ1v) is 7.50. The van der Waals surface area contributed by atoms with E-state index in [1.54, 1.807) is 0 Å². The molecule has 15 heavy (non-hydrogen) atoms. The van der Waals surface area contributed by atoms with Crippen molar-refractivity contribution in [2.75, 3.05) is 24.6 Å². The fourth-order valence-corrected chi connectivity index (χ4v) is 3.88. The molecule has 1 aliphatic carbocycles. The van der Waals surface area contributed by atoms with Gasteiger partial charge >= 0.3 is 0 Å². The predicted molar refractivity (Wildman–Crippen MR) is 68.3 cm³/mol. The minimum Gasteiger partial charge on any atom is -0.327 e. The van der Waals surface area contributed by atoms with Crippen molar-refractivity contribution in [3.63, 3.8) is 0 Å². The van der Waals surface area contributed by atoms with Crippen molar-refractivity contribution < 1.29 is 0 Å². The molecule has 0 bridgehead atoms. The van der Waals surface area contributed by atoms with E-state index in [9.17, 15) is 0 Å². The van der Waals surface area contributed by atoms with E-state index in [4.69, 9.17) is 5.73 Å². The summed E-state index contributed by atoms with van der Waals surface area (Å²) in [6, 6.07) is 1.23. The quantitative estimate of drug-likeness (QED) is 0.783. The van der Waals surface area contributed by atoms with Gasteiger partial charge in [-0.25, -0.2) is 0 Å². The molecule has 2 nitrogen and oxygen atoms in total. The largest absolute Gasteiger partial charge is 0.327 e. The Morgan fingerprint density at radius 2 is 2.13 bits per heavy atom. The summed E-state index contributed by atoms with van der Waals surface area (Å²) in [5, 5.41) is 0. The first kappa shape index (κ1) is 11.7. The molecule has 1 saturated heterocycles. The normalized spacial score (nSPS) is 39.2. The second kappa shape index (κ2) is 5.55. The Kier molecular flexibility index (Phi) is 4.35. The summed E-state index contributed by atoms with van der Waals surface area (Å²) < 4.78 is 0. The second-order valence-electron chi connectivity index (χ2n) is 5.13. The number of rotatable bonds is 2. The standard InChI is InChI=1S/C12H24N2S/c1-10-9-15-7-6-14(10)8-11-4-2-3-5-12(11)13/h10-12H,2-9,13H2,1H3. The van der Waals surface area contributed by atoms with Crippen molar-refractivity contribution in [1.82, 2.24) is 4.90 Å². The molecule has 2 rings (SSSR count). The summed E-state index contributed by atoms with van der Waals surface area (Å²) in [5.74, 6) is 3.39. The van der Waals surface area contributed by atoms with Crippen LogP contribution in [-0.2, 0) is 0 Å². The lowest BCUT2D eigenvalue weighted by Gasteiger charge is -2.38. The topological polar surface area (TPSA) is 29.3 Å². The molecule has 2 aliphatic rings. The van der Waals surface area contributed by atoms with E-state index in [0.717, 1.165) is 12.0 Å². The van der Waals surface area contributed by atoms with Gasteiger partial charge < -0.3 is 5.73 Å². The first-order chi connectivity index (χ1) is 7.27. The van der Waals surface area contributed by atoms with Crippen molar-refractivity contribution in [2.24, 2.45) is 11.7 Å². The Morgan fingerprint density at radius 1 is 1.33 bits per heavy atom. The van der Waals surface area contributed by atoms with Crippen molar-refractivity contribution in [1.29, 1.82) is 0 Å². The van der Waals surface area contributed by atoms with Gasteiger partial charge in [0.1, 0.15) is 0 Å². The highest BCUT2D eigenvalue weighted by Gasteiger charge is 2.27. The van der Waals surface area contributed by atoms with Gasteiger partial charge in [-0.3, -0.25) is 4.90 Å². The van der Waals surface area contributed by atoms with Gasteiger partial charge in [0.05, 0.1) is 0 Å². The number of thioether (sulfide) groups is 1. The molecule has 1 saturated carbocycles. The molecule has 0 radical (unpaired) electrons. The zero-order valence-electron chi connectivity index (χ0n) is 9.82. The lowest BCUT2D eigenvalue weighted by molar-refractivity contribution is 0.160. The Hall–Kier alpha value is 0.270. The molecule has 1 heterocycles. The van der Waals surface area contributed by atoms with E-state index in [2.05, 4.69) is 23.6 Å². The van der Waals surface area contributed by atoms with Crippen molar-refractivity contribution in [3.05, 3.63) is 0 Å². The molecule has 1 aliphatic heterocycles. The third kappa shape index (κ3) is 3.11. The van der Waals surface area contributed by atoms with Crippen molar-refractivity contribution in [3.8, 4) is 0 Å². The molecule has 0 aromatic carbocycles. The van der Waals surface area contributed by atoms with Gasteiger partial charge in [0.2, 0.25) is 0 Å². The fourth-order valence-electron chi connectivity index (χ4n) is 2.80. The lowest BCUT2D eigenvalue weighted by Crippen LogP contribution is -2.47. The van der Waals surface area contributed by atoms with Gasteiger partial charge in [-0.05, 0) is 25.7 Å². The summed E-state index contributed by atoms with van der Waals surface area (Å²) in [4.78, 5) is 2.66. The van der Waals surface area contributed by atoms with Crippen LogP contribution in [0, 0.1) is 5.92 Å². The van der Waals surface area contributed by atoms with Gasteiger partial charge in [-0.2, -0.15) is 11.8 Å². The molecule has 3 atom stereocenters. The van der Waals surface area contributed by atoms with Gasteiger partial charge in [0.15, 0.2) is 0 Å². The van der Waals surface area contributed by atoms with Crippen LogP contribution in [0.5, 0.6) is 0 Å². The zero-order valence-corrected chi connectivity index (χ0v) is 10.6. The van der Waals surface area contributed by atoms with Crippen LogP contribution in [-0.4, -0.2) is 41.6 Å². The van der Waals surface area contributed by atoms with E-state index < -0.39 is 0 Å². The Labute approximate surface area is 98.0 Å². The summed E-state index contributed by atoms with van der Waals surface area (Å²) in [6.45, 7) is 4.89. The number of nitrogens with zero attached hydrogens (tertiary/aromatic N) is 1. The number of nitrogens with two attached hydrogens (primary N) is 1. The lowest BCUT2D eigenvalue weighted by atomic mass is 9.84. The van der Waals surface area contributed by atoms with Crippen molar-refractivity contribution in [2.45, 2.75) is 44.7 Å². The minimum absolute atomic E-state index is 0.473. The SMILES string of the molecule is CC1CSCCN1CC1CCCCC1N. The maximum atomic E-state index is 6.21. The van der Waals surface area contributed by atoms with Gasteiger partial charge in [0.25, 0.3) is 0 Å². The number of hydrogen-bond donors (Lipinski definition) is 1. The molecule has 2 fully saturated rings. The van der Waals surface area contributed by atoms with Crippen LogP contribution < -0.4 is 5.73 Å². The maximum absolute atomic E-state index is 6.21. The van der Waals surface area contributed by atoms with Gasteiger partial charge in [-0.15, -0.1) is 0 Å². The number of hydrogen-bond acceptors (Lipinski definition) is 3. The van der Waals surface area contributed by atoms with E-state index in [0.29, 0.717) is 6.04 Å². The average Bonchev–Trinajstić information content (AvgIpc) is 2.24. The maximum Gasteiger partial charge on any atom is 0.0158 e. The highest BCUT2D eigenvalue weighted by atomic mass is 32.2. The third-order valence-electron chi connectivity index (χ3n) is 3.94. The summed E-state index contributed by atoms with van der Waals surface area (Å²) in [5.41, 5.74) is 6.21. The molecular formula is C12H24N2S. The Balaban J connectivity index is 1.83. The monoisotopic (exact) mass is 228 g/mol. The summed E-state index contributed by atoms with van der Waals surface area (Å²) in [6.07, 6.45) is 5.36. The van der Waals surface area contributed by atoms with Crippen LogP contribution in [0.15, 0.2) is 0 Å². The predicted octanol–water partition coefficient (Wildman–Crippen LogP) is 1.94. The van der Waals surface area contributed by atoms with Gasteiger partial charge in [0, 0.05) is 36.7 Å². The van der Waals surface area contributed by atoms with E-state index >= 15 is 0 Å². The average molecular weight is 228 g/mol. The van der Waals surface area contributed by atoms with Crippen LogP contribution >= 0.6 is 11.8 Å². The Morgan fingerprint density at radius 3 is 2.87 bits per heavy atom. The molecule has 0 spiro atoms. The molecule has 0 aromatic rings. The smallest absolute Gasteiger partial charge is 0.0158 e.